The topological polar surface area (TPSA) is 66.5 Å². The van der Waals surface area contributed by atoms with E-state index in [-0.39, 0.29) is 12.5 Å². The number of anilines is 1. The molecule has 0 fully saturated rings. The Kier molecular flexibility index (Phi) is 8.59. The first-order valence-electron chi connectivity index (χ1n) is 9.62. The van der Waals surface area contributed by atoms with Crippen molar-refractivity contribution in [1.29, 1.82) is 0 Å². The maximum atomic E-state index is 12.4. The Morgan fingerprint density at radius 2 is 1.72 bits per heavy atom. The van der Waals surface area contributed by atoms with Gasteiger partial charge in [0.15, 0.2) is 0 Å². The summed E-state index contributed by atoms with van der Waals surface area (Å²) in [5.74, 6) is 1.59. The average molecular weight is 435 g/mol. The third kappa shape index (κ3) is 7.40. The van der Waals surface area contributed by atoms with E-state index in [1.165, 1.54) is 15.4 Å². The maximum Gasteiger partial charge on any atom is 0.240 e. The molecule has 2 aromatic rings. The number of nitrogens with zero attached hydrogens (tertiary/aromatic N) is 1. The molecule has 2 aromatic carbocycles. The van der Waals surface area contributed by atoms with Gasteiger partial charge in [0, 0.05) is 12.3 Å². The van der Waals surface area contributed by atoms with E-state index in [9.17, 15) is 13.2 Å². The number of hydrogen-bond acceptors (Lipinski definition) is 4. The zero-order valence-electron chi connectivity index (χ0n) is 17.6. The molecule has 1 amide bonds. The molecule has 0 radical (unpaired) electrons. The molecule has 0 aromatic heterocycles. The molecule has 0 bridgehead atoms. The van der Waals surface area contributed by atoms with Gasteiger partial charge in [-0.3, -0.25) is 9.10 Å². The SMILES string of the molecule is Cc1cccc(CSCCCNC(=O)CN(c2c(C)cccc2C)S(C)(=O)=O)c1. The summed E-state index contributed by atoms with van der Waals surface area (Å²) in [4.78, 5) is 12.4. The fourth-order valence-electron chi connectivity index (χ4n) is 3.14. The van der Waals surface area contributed by atoms with Crippen LogP contribution in [0.15, 0.2) is 42.5 Å². The van der Waals surface area contributed by atoms with Crippen molar-refractivity contribution in [2.75, 3.05) is 29.4 Å². The number of benzene rings is 2. The van der Waals surface area contributed by atoms with E-state index in [0.717, 1.165) is 35.3 Å². The second kappa shape index (κ2) is 10.7. The van der Waals surface area contributed by atoms with Gasteiger partial charge in [0.05, 0.1) is 11.9 Å². The Hall–Kier alpha value is -1.99. The van der Waals surface area contributed by atoms with Crippen LogP contribution < -0.4 is 9.62 Å². The maximum absolute atomic E-state index is 12.4. The Morgan fingerprint density at radius 1 is 1.07 bits per heavy atom. The average Bonchev–Trinajstić information content (AvgIpc) is 2.63. The van der Waals surface area contributed by atoms with E-state index in [2.05, 4.69) is 36.5 Å². The monoisotopic (exact) mass is 434 g/mol. The van der Waals surface area contributed by atoms with Gasteiger partial charge in [-0.1, -0.05) is 48.0 Å². The lowest BCUT2D eigenvalue weighted by Crippen LogP contribution is -2.41. The summed E-state index contributed by atoms with van der Waals surface area (Å²) >= 11 is 1.83. The number of carbonyl (C=O) groups is 1. The Morgan fingerprint density at radius 3 is 2.34 bits per heavy atom. The second-order valence-electron chi connectivity index (χ2n) is 7.26. The number of para-hydroxylation sites is 1. The molecule has 0 heterocycles. The molecule has 0 spiro atoms. The van der Waals surface area contributed by atoms with Gasteiger partial charge < -0.3 is 5.32 Å². The van der Waals surface area contributed by atoms with Gasteiger partial charge in [-0.2, -0.15) is 11.8 Å². The van der Waals surface area contributed by atoms with Gasteiger partial charge in [0.1, 0.15) is 6.54 Å². The fraction of sp³-hybridized carbons (Fsp3) is 0.409. The minimum Gasteiger partial charge on any atom is -0.354 e. The highest BCUT2D eigenvalue weighted by molar-refractivity contribution is 7.98. The Balaban J connectivity index is 1.82. The van der Waals surface area contributed by atoms with Gasteiger partial charge >= 0.3 is 0 Å². The number of rotatable bonds is 10. The first-order valence-corrected chi connectivity index (χ1v) is 12.6. The van der Waals surface area contributed by atoms with Crippen molar-refractivity contribution >= 4 is 33.4 Å². The third-order valence-electron chi connectivity index (χ3n) is 4.52. The summed E-state index contributed by atoms with van der Waals surface area (Å²) in [6.07, 6.45) is 1.97. The van der Waals surface area contributed by atoms with Gasteiger partial charge in [0.2, 0.25) is 15.9 Å². The highest BCUT2D eigenvalue weighted by Gasteiger charge is 2.23. The zero-order chi connectivity index (χ0) is 21.4. The normalized spacial score (nSPS) is 11.3. The van der Waals surface area contributed by atoms with Crippen LogP contribution in [0.1, 0.15) is 28.7 Å². The number of aryl methyl sites for hydroxylation is 3. The number of hydrogen-bond donors (Lipinski definition) is 1. The lowest BCUT2D eigenvalue weighted by molar-refractivity contribution is -0.119. The molecule has 0 saturated heterocycles. The number of thioether (sulfide) groups is 1. The van der Waals surface area contributed by atoms with Crippen LogP contribution >= 0.6 is 11.8 Å². The summed E-state index contributed by atoms with van der Waals surface area (Å²) in [6.45, 7) is 6.11. The molecule has 5 nitrogen and oxygen atoms in total. The van der Waals surface area contributed by atoms with Crippen LogP contribution in [0.5, 0.6) is 0 Å². The molecule has 0 atom stereocenters. The van der Waals surface area contributed by atoms with E-state index in [0.29, 0.717) is 12.2 Å². The first kappa shape index (κ1) is 23.3. The molecule has 158 valence electrons. The molecule has 0 aliphatic heterocycles. The largest absolute Gasteiger partial charge is 0.354 e. The van der Waals surface area contributed by atoms with E-state index < -0.39 is 10.0 Å². The van der Waals surface area contributed by atoms with E-state index in [1.54, 1.807) is 0 Å². The van der Waals surface area contributed by atoms with Crippen LogP contribution in [0.2, 0.25) is 0 Å². The smallest absolute Gasteiger partial charge is 0.240 e. The predicted octanol–water partition coefficient (Wildman–Crippen LogP) is 3.82. The highest BCUT2D eigenvalue weighted by atomic mass is 32.2. The fourth-order valence-corrected chi connectivity index (χ4v) is 5.02. The molecule has 0 aliphatic rings. The molecule has 0 saturated carbocycles. The number of sulfonamides is 1. The van der Waals surface area contributed by atoms with Crippen LogP contribution in [0.4, 0.5) is 5.69 Å². The van der Waals surface area contributed by atoms with Crippen LogP contribution in [-0.2, 0) is 20.6 Å². The quantitative estimate of drug-likeness (QED) is 0.578. The molecule has 0 unspecified atom stereocenters. The number of amides is 1. The lowest BCUT2D eigenvalue weighted by atomic mass is 10.1. The molecule has 29 heavy (non-hydrogen) atoms. The van der Waals surface area contributed by atoms with Crippen molar-refractivity contribution in [2.45, 2.75) is 32.9 Å². The van der Waals surface area contributed by atoms with Gasteiger partial charge in [-0.05, 0) is 49.6 Å². The summed E-state index contributed by atoms with van der Waals surface area (Å²) in [7, 11) is -3.56. The second-order valence-corrected chi connectivity index (χ2v) is 10.3. The molecule has 1 N–H and O–H groups in total. The molecule has 7 heteroatoms. The summed E-state index contributed by atoms with van der Waals surface area (Å²) in [5.41, 5.74) is 4.80. The molecular weight excluding hydrogens is 404 g/mol. The van der Waals surface area contributed by atoms with Gasteiger partial charge in [-0.15, -0.1) is 0 Å². The standard InChI is InChI=1S/C22H30N2O3S2/c1-17-8-5-11-20(14-17)16-28-13-7-12-23-21(25)15-24(29(4,26)27)22-18(2)9-6-10-19(22)3/h5-6,8-11,14H,7,12-13,15-16H2,1-4H3,(H,23,25). The first-order chi connectivity index (χ1) is 13.7. The number of nitrogens with one attached hydrogen (secondary N) is 1. The van der Waals surface area contributed by atoms with Crippen molar-refractivity contribution in [3.63, 3.8) is 0 Å². The molecular formula is C22H30N2O3S2. The summed E-state index contributed by atoms with van der Waals surface area (Å²) < 4.78 is 25.8. The van der Waals surface area contributed by atoms with E-state index >= 15 is 0 Å². The Labute approximate surface area is 178 Å². The number of carbonyl (C=O) groups excluding carboxylic acids is 1. The van der Waals surface area contributed by atoms with Crippen molar-refractivity contribution < 1.29 is 13.2 Å². The summed E-state index contributed by atoms with van der Waals surface area (Å²) in [5, 5.41) is 2.84. The van der Waals surface area contributed by atoms with Crippen molar-refractivity contribution in [3.8, 4) is 0 Å². The van der Waals surface area contributed by atoms with Gasteiger partial charge in [0.25, 0.3) is 0 Å². The minimum absolute atomic E-state index is 0.207. The summed E-state index contributed by atoms with van der Waals surface area (Å²) in [6, 6.07) is 14.0. The van der Waals surface area contributed by atoms with Crippen molar-refractivity contribution in [3.05, 3.63) is 64.7 Å². The Bertz CT molecular complexity index is 923. The van der Waals surface area contributed by atoms with Gasteiger partial charge in [-0.25, -0.2) is 8.42 Å². The van der Waals surface area contributed by atoms with E-state index in [4.69, 9.17) is 0 Å². The highest BCUT2D eigenvalue weighted by Crippen LogP contribution is 2.26. The predicted molar refractivity (Wildman–Crippen MR) is 123 cm³/mol. The minimum atomic E-state index is -3.56. The van der Waals surface area contributed by atoms with Crippen molar-refractivity contribution in [1.82, 2.24) is 5.32 Å². The molecule has 2 rings (SSSR count). The third-order valence-corrected chi connectivity index (χ3v) is 6.74. The van der Waals surface area contributed by atoms with Crippen LogP contribution in [0, 0.1) is 20.8 Å². The van der Waals surface area contributed by atoms with Crippen LogP contribution in [-0.4, -0.2) is 39.4 Å². The van der Waals surface area contributed by atoms with E-state index in [1.807, 2.05) is 43.8 Å². The zero-order valence-corrected chi connectivity index (χ0v) is 19.2. The lowest BCUT2D eigenvalue weighted by Gasteiger charge is -2.25. The van der Waals surface area contributed by atoms with Crippen LogP contribution in [0.3, 0.4) is 0 Å². The molecule has 0 aliphatic carbocycles. The van der Waals surface area contributed by atoms with Crippen LogP contribution in [0.25, 0.3) is 0 Å². The van der Waals surface area contributed by atoms with Crippen molar-refractivity contribution in [2.24, 2.45) is 0 Å².